The average Bonchev–Trinajstić information content (AvgIpc) is 2.27. The van der Waals surface area contributed by atoms with Crippen LogP contribution in [0.3, 0.4) is 0 Å². The van der Waals surface area contributed by atoms with E-state index in [1.807, 2.05) is 0 Å². The molecule has 2 N–H and O–H groups in total. The molecule has 0 fully saturated rings. The first kappa shape index (κ1) is 12.4. The minimum Gasteiger partial charge on any atom is -0.281 e. The minimum absolute atomic E-state index is 1.04. The van der Waals surface area contributed by atoms with Crippen molar-refractivity contribution in [2.75, 3.05) is 6.54 Å². The topological polar surface area (TPSA) is 24.1 Å². The zero-order valence-corrected chi connectivity index (χ0v) is 9.78. The van der Waals surface area contributed by atoms with Crippen molar-refractivity contribution in [2.24, 2.45) is 0 Å². The molecule has 1 rings (SSSR count). The van der Waals surface area contributed by atoms with Crippen LogP contribution in [0, 0.1) is 12.0 Å². The highest BCUT2D eigenvalue weighted by Crippen LogP contribution is 2.10. The smallest absolute Gasteiger partial charge is 0.0201 e. The fraction of sp³-hybridized carbons (Fsp3) is 0.846. The highest BCUT2D eigenvalue weighted by molar-refractivity contribution is 4.95. The van der Waals surface area contributed by atoms with Crippen molar-refractivity contribution in [3.63, 3.8) is 0 Å². The molecular formula is C13H24N2. The van der Waals surface area contributed by atoms with Crippen LogP contribution in [0.5, 0.6) is 0 Å². The quantitative estimate of drug-likeness (QED) is 0.598. The van der Waals surface area contributed by atoms with Crippen molar-refractivity contribution in [2.45, 2.75) is 64.2 Å². The third kappa shape index (κ3) is 8.32. The molecule has 2 nitrogen and oxygen atoms in total. The zero-order chi connectivity index (χ0) is 10.6. The van der Waals surface area contributed by atoms with Crippen molar-refractivity contribution < 1.29 is 0 Å². The molecule has 1 aliphatic rings. The summed E-state index contributed by atoms with van der Waals surface area (Å²) in [6.07, 6.45) is 13.3. The van der Waals surface area contributed by atoms with Crippen LogP contribution < -0.4 is 10.9 Å². The van der Waals surface area contributed by atoms with Crippen LogP contribution in [0.25, 0.3) is 0 Å². The fourth-order valence-electron chi connectivity index (χ4n) is 1.88. The average molecular weight is 208 g/mol. The maximum Gasteiger partial charge on any atom is 0.0201 e. The molecule has 15 heavy (non-hydrogen) atoms. The van der Waals surface area contributed by atoms with Gasteiger partial charge in [0.15, 0.2) is 0 Å². The van der Waals surface area contributed by atoms with E-state index in [4.69, 9.17) is 0 Å². The second kappa shape index (κ2) is 9.86. The van der Waals surface area contributed by atoms with Crippen molar-refractivity contribution in [1.29, 1.82) is 0 Å². The van der Waals surface area contributed by atoms with E-state index in [2.05, 4.69) is 22.8 Å². The van der Waals surface area contributed by atoms with E-state index >= 15 is 0 Å². The van der Waals surface area contributed by atoms with Gasteiger partial charge in [-0.2, -0.15) is 0 Å². The van der Waals surface area contributed by atoms with Gasteiger partial charge in [-0.1, -0.05) is 50.9 Å². The van der Waals surface area contributed by atoms with Crippen LogP contribution in [0.2, 0.25) is 0 Å². The molecule has 0 amide bonds. The first-order valence-corrected chi connectivity index (χ1v) is 6.46. The molecule has 0 saturated heterocycles. The van der Waals surface area contributed by atoms with Gasteiger partial charge in [0, 0.05) is 19.0 Å². The van der Waals surface area contributed by atoms with Gasteiger partial charge in [-0.3, -0.25) is 5.43 Å². The number of hydrogen-bond donors (Lipinski definition) is 2. The molecule has 1 aliphatic heterocycles. The SMILES string of the molecule is C1#CNNCCCCCCCCCCC1. The summed E-state index contributed by atoms with van der Waals surface area (Å²) in [5.41, 5.74) is 6.07. The third-order valence-electron chi connectivity index (χ3n) is 2.84. The zero-order valence-electron chi connectivity index (χ0n) is 9.78. The Kier molecular flexibility index (Phi) is 8.14. The molecule has 0 spiro atoms. The van der Waals surface area contributed by atoms with Crippen molar-refractivity contribution in [3.8, 4) is 12.0 Å². The maximum absolute atomic E-state index is 3.13. The molecule has 0 atom stereocenters. The standard InChI is InChI=1S/C13H24N2/c1-2-4-6-8-10-12-14-15-13-11-9-7-5-3-1/h14-15H,1-10,12H2. The predicted octanol–water partition coefficient (Wildman–Crippen LogP) is 2.96. The Hall–Kier alpha value is -0.680. The van der Waals surface area contributed by atoms with E-state index < -0.39 is 0 Å². The molecule has 86 valence electrons. The Bertz CT molecular complexity index is 172. The summed E-state index contributed by atoms with van der Waals surface area (Å²) in [7, 11) is 0. The Morgan fingerprint density at radius 1 is 0.667 bits per heavy atom. The van der Waals surface area contributed by atoms with Gasteiger partial charge in [-0.15, -0.1) is 0 Å². The highest BCUT2D eigenvalue weighted by Gasteiger charge is 1.93. The fourth-order valence-corrected chi connectivity index (χ4v) is 1.88. The summed E-state index contributed by atoms with van der Waals surface area (Å²) >= 11 is 0. The molecule has 0 aromatic carbocycles. The van der Waals surface area contributed by atoms with Gasteiger partial charge in [-0.25, -0.2) is 5.43 Å². The van der Waals surface area contributed by atoms with Crippen LogP contribution in [0.4, 0.5) is 0 Å². The summed E-state index contributed by atoms with van der Waals surface area (Å²) in [6.45, 7) is 1.04. The summed E-state index contributed by atoms with van der Waals surface area (Å²) in [5, 5.41) is 0. The summed E-state index contributed by atoms with van der Waals surface area (Å²) in [4.78, 5) is 0. The predicted molar refractivity (Wildman–Crippen MR) is 65.1 cm³/mol. The second-order valence-electron chi connectivity index (χ2n) is 4.29. The van der Waals surface area contributed by atoms with E-state index in [1.165, 1.54) is 57.8 Å². The molecule has 0 aliphatic carbocycles. The van der Waals surface area contributed by atoms with Crippen molar-refractivity contribution in [3.05, 3.63) is 0 Å². The number of hydrazine groups is 1. The third-order valence-corrected chi connectivity index (χ3v) is 2.84. The monoisotopic (exact) mass is 208 g/mol. The first-order valence-electron chi connectivity index (χ1n) is 6.46. The summed E-state index contributed by atoms with van der Waals surface area (Å²) in [6, 6.07) is 2.94. The second-order valence-corrected chi connectivity index (χ2v) is 4.29. The molecule has 0 saturated carbocycles. The Balaban J connectivity index is 2.10. The van der Waals surface area contributed by atoms with E-state index in [-0.39, 0.29) is 0 Å². The van der Waals surface area contributed by atoms with E-state index in [0.717, 1.165) is 13.0 Å². The lowest BCUT2D eigenvalue weighted by Gasteiger charge is -2.02. The normalized spacial score (nSPS) is 21.3. The van der Waals surface area contributed by atoms with Crippen LogP contribution in [0.15, 0.2) is 0 Å². The Labute approximate surface area is 94.2 Å². The van der Waals surface area contributed by atoms with Crippen molar-refractivity contribution in [1.82, 2.24) is 10.9 Å². The number of hydrogen-bond acceptors (Lipinski definition) is 2. The summed E-state index contributed by atoms with van der Waals surface area (Å²) in [5.74, 6) is 3.13. The van der Waals surface area contributed by atoms with Crippen LogP contribution >= 0.6 is 0 Å². The molecule has 0 unspecified atom stereocenters. The molecular weight excluding hydrogens is 184 g/mol. The van der Waals surface area contributed by atoms with E-state index in [9.17, 15) is 0 Å². The van der Waals surface area contributed by atoms with Gasteiger partial charge in [-0.05, 0) is 12.8 Å². The largest absolute Gasteiger partial charge is 0.281 e. The van der Waals surface area contributed by atoms with Gasteiger partial charge in [0.2, 0.25) is 0 Å². The molecule has 0 aromatic rings. The lowest BCUT2D eigenvalue weighted by Crippen LogP contribution is -2.28. The Morgan fingerprint density at radius 2 is 1.27 bits per heavy atom. The molecule has 2 heteroatoms. The molecule has 0 aromatic heterocycles. The van der Waals surface area contributed by atoms with Crippen LogP contribution in [0.1, 0.15) is 64.2 Å². The maximum atomic E-state index is 3.13. The Morgan fingerprint density at radius 3 is 2.00 bits per heavy atom. The van der Waals surface area contributed by atoms with E-state index in [1.54, 1.807) is 0 Å². The lowest BCUT2D eigenvalue weighted by molar-refractivity contribution is 0.539. The van der Waals surface area contributed by atoms with Gasteiger partial charge >= 0.3 is 0 Å². The van der Waals surface area contributed by atoms with Crippen molar-refractivity contribution >= 4 is 0 Å². The molecule has 0 radical (unpaired) electrons. The molecule has 1 heterocycles. The number of nitrogens with one attached hydrogen (secondary N) is 2. The van der Waals surface area contributed by atoms with Gasteiger partial charge in [0.25, 0.3) is 0 Å². The van der Waals surface area contributed by atoms with Gasteiger partial charge in [0.05, 0.1) is 0 Å². The first-order chi connectivity index (χ1) is 7.50. The highest BCUT2D eigenvalue weighted by atomic mass is 15.3. The molecule has 0 bridgehead atoms. The van der Waals surface area contributed by atoms with Gasteiger partial charge in [0.1, 0.15) is 0 Å². The van der Waals surface area contributed by atoms with Gasteiger partial charge < -0.3 is 0 Å². The lowest BCUT2D eigenvalue weighted by atomic mass is 10.1. The number of rotatable bonds is 0. The minimum atomic E-state index is 1.04. The van der Waals surface area contributed by atoms with Crippen LogP contribution in [-0.2, 0) is 0 Å². The summed E-state index contributed by atoms with van der Waals surface area (Å²) < 4.78 is 0. The van der Waals surface area contributed by atoms with E-state index in [0.29, 0.717) is 0 Å². The van der Waals surface area contributed by atoms with Crippen LogP contribution in [-0.4, -0.2) is 6.54 Å².